The fourth-order valence-corrected chi connectivity index (χ4v) is 3.69. The van der Waals surface area contributed by atoms with Gasteiger partial charge in [-0.15, -0.1) is 0 Å². The summed E-state index contributed by atoms with van der Waals surface area (Å²) in [5, 5.41) is 4.51. The van der Waals surface area contributed by atoms with Gasteiger partial charge < -0.3 is 14.8 Å². The van der Waals surface area contributed by atoms with Crippen LogP contribution in [0.1, 0.15) is 43.0 Å². The lowest BCUT2D eigenvalue weighted by atomic mass is 9.92. The van der Waals surface area contributed by atoms with Crippen LogP contribution in [0.2, 0.25) is 0 Å². The molecule has 1 aliphatic rings. The lowest BCUT2D eigenvalue weighted by molar-refractivity contribution is 0.0526. The Bertz CT molecular complexity index is 758. The lowest BCUT2D eigenvalue weighted by Crippen LogP contribution is -2.30. The van der Waals surface area contributed by atoms with E-state index in [1.165, 1.54) is 0 Å². The Kier molecular flexibility index (Phi) is 5.91. The van der Waals surface area contributed by atoms with Crippen molar-refractivity contribution in [3.63, 3.8) is 0 Å². The number of hydrogen-bond acceptors (Lipinski definition) is 5. The highest BCUT2D eigenvalue weighted by molar-refractivity contribution is 9.10. The van der Waals surface area contributed by atoms with Gasteiger partial charge in [0.1, 0.15) is 5.56 Å². The number of nitrogens with zero attached hydrogens (tertiary/aromatic N) is 1. The first-order chi connectivity index (χ1) is 12.1. The highest BCUT2D eigenvalue weighted by Crippen LogP contribution is 2.32. The number of esters is 1. The van der Waals surface area contributed by atoms with Crippen LogP contribution in [-0.4, -0.2) is 36.8 Å². The lowest BCUT2D eigenvalue weighted by Gasteiger charge is -2.29. The number of methoxy groups -OCH3 is 1. The van der Waals surface area contributed by atoms with E-state index in [4.69, 9.17) is 9.47 Å². The van der Waals surface area contributed by atoms with Crippen LogP contribution < -0.4 is 5.32 Å². The number of carbonyl (C=O) groups excluding carboxylic acids is 1. The van der Waals surface area contributed by atoms with E-state index >= 15 is 0 Å². The number of fused-ring (bicyclic) bond motifs is 1. The number of halogens is 1. The Hall–Kier alpha value is -1.66. The summed E-state index contributed by atoms with van der Waals surface area (Å²) in [5.74, 6) is -0.343. The first-order valence-electron chi connectivity index (χ1n) is 8.67. The smallest absolute Gasteiger partial charge is 0.341 e. The van der Waals surface area contributed by atoms with Crippen LogP contribution in [0.5, 0.6) is 0 Å². The largest absolute Gasteiger partial charge is 0.462 e. The summed E-state index contributed by atoms with van der Waals surface area (Å²) in [7, 11) is 1.77. The molecule has 134 valence electrons. The molecule has 0 radical (unpaired) electrons. The van der Waals surface area contributed by atoms with E-state index < -0.39 is 0 Å². The zero-order valence-corrected chi connectivity index (χ0v) is 16.1. The van der Waals surface area contributed by atoms with Gasteiger partial charge in [0, 0.05) is 29.2 Å². The molecule has 0 aliphatic heterocycles. The molecular formula is C19H23BrN2O3. The van der Waals surface area contributed by atoms with Gasteiger partial charge in [0.05, 0.1) is 23.9 Å². The number of carbonyl (C=O) groups is 1. The molecule has 0 bridgehead atoms. The van der Waals surface area contributed by atoms with Gasteiger partial charge in [0.2, 0.25) is 0 Å². The average molecular weight is 407 g/mol. The Balaban J connectivity index is 1.96. The molecular weight excluding hydrogens is 384 g/mol. The minimum Gasteiger partial charge on any atom is -0.462 e. The van der Waals surface area contributed by atoms with Crippen molar-refractivity contribution in [3.8, 4) is 0 Å². The van der Waals surface area contributed by atoms with Crippen molar-refractivity contribution in [2.45, 2.75) is 44.8 Å². The number of anilines is 1. The van der Waals surface area contributed by atoms with Gasteiger partial charge in [-0.05, 0) is 50.8 Å². The molecule has 0 spiro atoms. The molecule has 1 aromatic carbocycles. The van der Waals surface area contributed by atoms with Crippen LogP contribution in [-0.2, 0) is 9.47 Å². The topological polar surface area (TPSA) is 60.5 Å². The van der Waals surface area contributed by atoms with Crippen LogP contribution in [0, 0.1) is 0 Å². The Morgan fingerprint density at radius 2 is 2.08 bits per heavy atom. The standard InChI is InChI=1S/C19H23BrN2O3/c1-3-25-19(23)16-11-21-17-9-4-12(20)10-15(17)18(16)22-13-5-7-14(24-2)8-6-13/h4,9-11,13-14H,3,5-8H2,1-2H3,(H,21,22)/t13-,14+. The maximum atomic E-state index is 12.4. The fourth-order valence-electron chi connectivity index (χ4n) is 3.33. The molecule has 0 amide bonds. The van der Waals surface area contributed by atoms with Gasteiger partial charge in [-0.1, -0.05) is 15.9 Å². The molecule has 25 heavy (non-hydrogen) atoms. The second-order valence-corrected chi connectivity index (χ2v) is 7.20. The van der Waals surface area contributed by atoms with Crippen molar-refractivity contribution in [1.82, 2.24) is 4.98 Å². The molecule has 5 nitrogen and oxygen atoms in total. The third kappa shape index (κ3) is 4.12. The number of rotatable bonds is 5. The van der Waals surface area contributed by atoms with Crippen molar-refractivity contribution in [2.24, 2.45) is 0 Å². The summed E-state index contributed by atoms with van der Waals surface area (Å²) in [6.45, 7) is 2.15. The zero-order valence-electron chi connectivity index (χ0n) is 14.5. The fraction of sp³-hybridized carbons (Fsp3) is 0.474. The second kappa shape index (κ2) is 8.15. The van der Waals surface area contributed by atoms with E-state index in [1.807, 2.05) is 25.1 Å². The summed E-state index contributed by atoms with van der Waals surface area (Å²) in [4.78, 5) is 16.8. The average Bonchev–Trinajstić information content (AvgIpc) is 2.63. The van der Waals surface area contributed by atoms with Gasteiger partial charge in [0.15, 0.2) is 0 Å². The van der Waals surface area contributed by atoms with Crippen LogP contribution in [0.4, 0.5) is 5.69 Å². The van der Waals surface area contributed by atoms with Crippen LogP contribution in [0.3, 0.4) is 0 Å². The number of aromatic nitrogens is 1. The highest BCUT2D eigenvalue weighted by atomic mass is 79.9. The van der Waals surface area contributed by atoms with E-state index in [0.29, 0.717) is 24.3 Å². The van der Waals surface area contributed by atoms with E-state index in [2.05, 4.69) is 26.2 Å². The predicted molar refractivity (Wildman–Crippen MR) is 102 cm³/mol. The second-order valence-electron chi connectivity index (χ2n) is 6.28. The van der Waals surface area contributed by atoms with Crippen molar-refractivity contribution >= 4 is 38.5 Å². The van der Waals surface area contributed by atoms with Gasteiger partial charge >= 0.3 is 5.97 Å². The normalized spacial score (nSPS) is 20.4. The van der Waals surface area contributed by atoms with Gasteiger partial charge in [0.25, 0.3) is 0 Å². The summed E-state index contributed by atoms with van der Waals surface area (Å²) in [5.41, 5.74) is 2.15. The Morgan fingerprint density at radius 3 is 2.76 bits per heavy atom. The van der Waals surface area contributed by atoms with Crippen molar-refractivity contribution in [2.75, 3.05) is 19.0 Å². The Morgan fingerprint density at radius 1 is 1.32 bits per heavy atom. The summed E-state index contributed by atoms with van der Waals surface area (Å²) < 4.78 is 11.6. The minimum absolute atomic E-state index is 0.309. The first-order valence-corrected chi connectivity index (χ1v) is 9.46. The van der Waals surface area contributed by atoms with Crippen LogP contribution in [0.15, 0.2) is 28.9 Å². The molecule has 1 saturated carbocycles. The van der Waals surface area contributed by atoms with Crippen molar-refractivity contribution in [1.29, 1.82) is 0 Å². The third-order valence-corrected chi connectivity index (χ3v) is 5.17. The molecule has 0 saturated heterocycles. The summed E-state index contributed by atoms with van der Waals surface area (Å²) in [6.07, 6.45) is 6.02. The number of hydrogen-bond donors (Lipinski definition) is 1. The van der Waals surface area contributed by atoms with E-state index in [9.17, 15) is 4.79 Å². The van der Waals surface area contributed by atoms with Crippen LogP contribution >= 0.6 is 15.9 Å². The SMILES string of the molecule is CCOC(=O)c1cnc2ccc(Br)cc2c1N[C@H]1CC[C@@H](OC)CC1. The molecule has 6 heteroatoms. The van der Waals surface area contributed by atoms with Crippen molar-refractivity contribution < 1.29 is 14.3 Å². The Labute approximate surface area is 156 Å². The molecule has 1 aromatic heterocycles. The van der Waals surface area contributed by atoms with E-state index in [1.54, 1.807) is 13.3 Å². The molecule has 1 aliphatic carbocycles. The number of ether oxygens (including phenoxy) is 2. The van der Waals surface area contributed by atoms with Crippen molar-refractivity contribution in [3.05, 3.63) is 34.4 Å². The molecule has 0 unspecified atom stereocenters. The van der Waals surface area contributed by atoms with E-state index in [0.717, 1.165) is 46.7 Å². The molecule has 1 N–H and O–H groups in total. The maximum absolute atomic E-state index is 12.4. The predicted octanol–water partition coefficient (Wildman–Crippen LogP) is 4.54. The number of benzene rings is 1. The zero-order chi connectivity index (χ0) is 17.8. The third-order valence-electron chi connectivity index (χ3n) is 4.68. The molecule has 2 aromatic rings. The van der Waals surface area contributed by atoms with Gasteiger partial charge in [-0.25, -0.2) is 4.79 Å². The minimum atomic E-state index is -0.343. The van der Waals surface area contributed by atoms with Gasteiger partial charge in [-0.2, -0.15) is 0 Å². The van der Waals surface area contributed by atoms with E-state index in [-0.39, 0.29) is 5.97 Å². The van der Waals surface area contributed by atoms with Gasteiger partial charge in [-0.3, -0.25) is 4.98 Å². The maximum Gasteiger partial charge on any atom is 0.341 e. The molecule has 3 rings (SSSR count). The summed E-state index contributed by atoms with van der Waals surface area (Å²) in [6, 6.07) is 6.20. The monoisotopic (exact) mass is 406 g/mol. The molecule has 1 heterocycles. The summed E-state index contributed by atoms with van der Waals surface area (Å²) >= 11 is 3.51. The number of nitrogens with one attached hydrogen (secondary N) is 1. The van der Waals surface area contributed by atoms with Crippen LogP contribution in [0.25, 0.3) is 10.9 Å². The quantitative estimate of drug-likeness (QED) is 0.738. The number of pyridine rings is 1. The molecule has 0 atom stereocenters. The molecule has 1 fully saturated rings. The first kappa shape index (κ1) is 18.1. The highest BCUT2D eigenvalue weighted by Gasteiger charge is 2.24.